The molecule has 12 rings (SSSR count). The number of nitrogens with zero attached hydrogens (tertiary/aromatic N) is 3. The van der Waals surface area contributed by atoms with Gasteiger partial charge in [-0.2, -0.15) is 0 Å². The van der Waals surface area contributed by atoms with Crippen LogP contribution in [0.25, 0.3) is 95.0 Å². The van der Waals surface area contributed by atoms with Gasteiger partial charge in [-0.05, 0) is 133 Å². The number of aromatic hydroxyl groups is 1. The van der Waals surface area contributed by atoms with Gasteiger partial charge in [0.2, 0.25) is 0 Å². The van der Waals surface area contributed by atoms with Crippen LogP contribution in [-0.4, -0.2) is 19.6 Å². The molecule has 2 heterocycles. The Morgan fingerprint density at radius 1 is 0.338 bits per heavy atom. The summed E-state index contributed by atoms with van der Waals surface area (Å²) in [4.78, 5) is 10.8. The van der Waals surface area contributed by atoms with Crippen LogP contribution in [0.1, 0.15) is 76.3 Å². The average molecular weight is 1040 g/mol. The normalized spacial score (nSPS) is 12.0. The van der Waals surface area contributed by atoms with Crippen LogP contribution in [0.4, 0.5) is 0 Å². The number of rotatable bonds is 11. The monoisotopic (exact) mass is 1040 g/mol. The standard InChI is InChI=1S/C76H65N3O/c1-74(2,3)60-42-43-69(67(50-60)53-26-14-9-15-27-53)79-70-37-23-34-63(71(70)78-73(79)66-36-22-35-65(72(66)80)64-33-21-20-32-62(64)52-24-12-8-13-25-52)55-46-56(48-61(47-55)75(4,5)6)68-49-54(44-45-77-68)51-38-40-59(41-39-51)76(7,57-28-16-10-17-29-57)58-30-18-11-19-31-58/h8-50,80H,1-7H3. The minimum atomic E-state index is -0.339. The summed E-state index contributed by atoms with van der Waals surface area (Å²) < 4.78 is 2.27. The fourth-order valence-electron chi connectivity index (χ4n) is 11.5. The molecule has 0 unspecified atom stereocenters. The fourth-order valence-corrected chi connectivity index (χ4v) is 11.5. The lowest BCUT2D eigenvalue weighted by Crippen LogP contribution is -2.25. The molecule has 10 aromatic carbocycles. The number of imidazole rings is 1. The van der Waals surface area contributed by atoms with Crippen LogP contribution < -0.4 is 0 Å². The predicted molar refractivity (Wildman–Crippen MR) is 334 cm³/mol. The van der Waals surface area contributed by atoms with Crippen molar-refractivity contribution in [3.63, 3.8) is 0 Å². The maximum atomic E-state index is 12.9. The fraction of sp³-hybridized carbons (Fsp3) is 0.132. The largest absolute Gasteiger partial charge is 0.507 e. The molecule has 390 valence electrons. The van der Waals surface area contributed by atoms with Crippen molar-refractivity contribution in [3.05, 3.63) is 289 Å². The van der Waals surface area contributed by atoms with E-state index in [1.165, 1.54) is 27.8 Å². The molecule has 1 N–H and O–H groups in total. The molecule has 2 aromatic heterocycles. The van der Waals surface area contributed by atoms with Crippen LogP contribution >= 0.6 is 0 Å². The van der Waals surface area contributed by atoms with E-state index in [1.807, 2.05) is 36.5 Å². The van der Waals surface area contributed by atoms with Crippen LogP contribution in [0, 0.1) is 0 Å². The predicted octanol–water partition coefficient (Wildman–Crippen LogP) is 19.7. The quantitative estimate of drug-likeness (QED) is 0.131. The second kappa shape index (κ2) is 20.8. The molecule has 0 saturated heterocycles. The number of hydrogen-bond acceptors (Lipinski definition) is 3. The lowest BCUT2D eigenvalue weighted by molar-refractivity contribution is 0.479. The van der Waals surface area contributed by atoms with E-state index in [4.69, 9.17) is 9.97 Å². The molecule has 4 heteroatoms. The summed E-state index contributed by atoms with van der Waals surface area (Å²) in [6.45, 7) is 15.9. The first-order chi connectivity index (χ1) is 38.7. The third-order valence-corrected chi connectivity index (χ3v) is 16.1. The highest BCUT2D eigenvalue weighted by Gasteiger charge is 2.31. The molecule has 0 spiro atoms. The highest BCUT2D eigenvalue weighted by Crippen LogP contribution is 2.47. The van der Waals surface area contributed by atoms with Crippen LogP contribution in [0.5, 0.6) is 5.75 Å². The van der Waals surface area contributed by atoms with Crippen molar-refractivity contribution >= 4 is 11.0 Å². The van der Waals surface area contributed by atoms with E-state index in [2.05, 4.69) is 277 Å². The van der Waals surface area contributed by atoms with Crippen molar-refractivity contribution in [1.29, 1.82) is 0 Å². The SMILES string of the molecule is CC(C)(C)c1cc(-c2cc(-c3ccc(C(C)(c4ccccc4)c4ccccc4)cc3)ccn2)cc(-c2cccc3c2nc(-c2cccc(-c4ccccc4-c4ccccc4)c2O)n3-c2ccc(C(C)(C)C)cc2-c2ccccc2)c1. The van der Waals surface area contributed by atoms with Gasteiger partial charge in [0.05, 0.1) is 28.0 Å². The van der Waals surface area contributed by atoms with Gasteiger partial charge in [0.25, 0.3) is 0 Å². The van der Waals surface area contributed by atoms with Crippen molar-refractivity contribution in [2.45, 2.75) is 64.7 Å². The number of fused-ring (bicyclic) bond motifs is 1. The Balaban J connectivity index is 1.03. The molecule has 0 saturated carbocycles. The first-order valence-corrected chi connectivity index (χ1v) is 27.8. The van der Waals surface area contributed by atoms with E-state index in [0.29, 0.717) is 11.4 Å². The lowest BCUT2D eigenvalue weighted by atomic mass is 9.71. The van der Waals surface area contributed by atoms with Crippen molar-refractivity contribution < 1.29 is 5.11 Å². The molecule has 80 heavy (non-hydrogen) atoms. The Bertz CT molecular complexity index is 4150. The van der Waals surface area contributed by atoms with Gasteiger partial charge >= 0.3 is 0 Å². The molecule has 0 aliphatic rings. The Hall–Kier alpha value is -9.38. The van der Waals surface area contributed by atoms with E-state index in [-0.39, 0.29) is 22.0 Å². The Kier molecular flexibility index (Phi) is 13.3. The summed E-state index contributed by atoms with van der Waals surface area (Å²) in [6, 6.07) is 90.5. The van der Waals surface area contributed by atoms with E-state index in [0.717, 1.165) is 83.6 Å². The maximum Gasteiger partial charge on any atom is 0.149 e. The zero-order valence-corrected chi connectivity index (χ0v) is 46.6. The zero-order valence-electron chi connectivity index (χ0n) is 46.6. The van der Waals surface area contributed by atoms with Crippen LogP contribution in [0.3, 0.4) is 0 Å². The highest BCUT2D eigenvalue weighted by atomic mass is 16.3. The van der Waals surface area contributed by atoms with Crippen molar-refractivity contribution in [3.8, 4) is 89.7 Å². The van der Waals surface area contributed by atoms with E-state index in [9.17, 15) is 5.11 Å². The molecular weight excluding hydrogens is 971 g/mol. The lowest BCUT2D eigenvalue weighted by Gasteiger charge is -2.32. The van der Waals surface area contributed by atoms with Gasteiger partial charge in [0.1, 0.15) is 11.6 Å². The molecule has 4 nitrogen and oxygen atoms in total. The molecule has 0 aliphatic heterocycles. The smallest absolute Gasteiger partial charge is 0.149 e. The van der Waals surface area contributed by atoms with Crippen molar-refractivity contribution in [1.82, 2.24) is 14.5 Å². The number of para-hydroxylation sites is 2. The number of benzene rings is 10. The van der Waals surface area contributed by atoms with E-state index >= 15 is 0 Å². The molecule has 12 aromatic rings. The summed E-state index contributed by atoms with van der Waals surface area (Å²) in [5.74, 6) is 0.811. The topological polar surface area (TPSA) is 50.9 Å². The third-order valence-electron chi connectivity index (χ3n) is 16.1. The summed E-state index contributed by atoms with van der Waals surface area (Å²) in [6.07, 6.45) is 1.93. The van der Waals surface area contributed by atoms with Gasteiger partial charge in [-0.25, -0.2) is 4.98 Å². The van der Waals surface area contributed by atoms with E-state index in [1.54, 1.807) is 0 Å². The third kappa shape index (κ3) is 9.62. The van der Waals surface area contributed by atoms with Gasteiger partial charge in [0.15, 0.2) is 0 Å². The summed E-state index contributed by atoms with van der Waals surface area (Å²) in [5.41, 5.74) is 21.0. The van der Waals surface area contributed by atoms with E-state index < -0.39 is 0 Å². The molecule has 0 bridgehead atoms. The van der Waals surface area contributed by atoms with Gasteiger partial charge in [-0.15, -0.1) is 0 Å². The maximum absolute atomic E-state index is 12.9. The Labute approximate surface area is 471 Å². The number of hydrogen-bond donors (Lipinski definition) is 1. The van der Waals surface area contributed by atoms with Gasteiger partial charge in [0, 0.05) is 33.9 Å². The van der Waals surface area contributed by atoms with Gasteiger partial charge in [-0.3, -0.25) is 9.55 Å². The highest BCUT2D eigenvalue weighted by molar-refractivity contribution is 5.99. The van der Waals surface area contributed by atoms with Crippen LogP contribution in [0.2, 0.25) is 0 Å². The minimum Gasteiger partial charge on any atom is -0.507 e. The molecule has 0 aliphatic carbocycles. The Morgan fingerprint density at radius 2 is 0.850 bits per heavy atom. The summed E-state index contributed by atoms with van der Waals surface area (Å²) in [5, 5.41) is 12.9. The van der Waals surface area contributed by atoms with Gasteiger partial charge < -0.3 is 5.11 Å². The molecule has 0 fully saturated rings. The second-order valence-electron chi connectivity index (χ2n) is 23.3. The number of aromatic nitrogens is 3. The second-order valence-corrected chi connectivity index (χ2v) is 23.3. The zero-order chi connectivity index (χ0) is 55.2. The first-order valence-electron chi connectivity index (χ1n) is 27.8. The average Bonchev–Trinajstić information content (AvgIpc) is 4.06. The minimum absolute atomic E-state index is 0.101. The number of phenolic OH excluding ortho intramolecular Hbond substituents is 1. The Morgan fingerprint density at radius 3 is 1.49 bits per heavy atom. The van der Waals surface area contributed by atoms with Gasteiger partial charge in [-0.1, -0.05) is 248 Å². The summed E-state index contributed by atoms with van der Waals surface area (Å²) >= 11 is 0. The molecule has 0 radical (unpaired) electrons. The number of phenols is 1. The number of pyridine rings is 1. The summed E-state index contributed by atoms with van der Waals surface area (Å²) in [7, 11) is 0. The molecular formula is C76H65N3O. The molecule has 0 amide bonds. The first kappa shape index (κ1) is 51.4. The van der Waals surface area contributed by atoms with Crippen LogP contribution in [0.15, 0.2) is 261 Å². The van der Waals surface area contributed by atoms with Crippen molar-refractivity contribution in [2.75, 3.05) is 0 Å². The van der Waals surface area contributed by atoms with Crippen LogP contribution in [-0.2, 0) is 16.2 Å². The molecule has 0 atom stereocenters. The van der Waals surface area contributed by atoms with Crippen molar-refractivity contribution in [2.24, 2.45) is 0 Å².